The molecule has 1 aliphatic carbocycles. The lowest BCUT2D eigenvalue weighted by molar-refractivity contribution is -0.151. The third-order valence-electron chi connectivity index (χ3n) is 4.64. The van der Waals surface area contributed by atoms with Crippen LogP contribution in [0.2, 0.25) is 0 Å². The van der Waals surface area contributed by atoms with E-state index < -0.39 is 23.9 Å². The first-order chi connectivity index (χ1) is 10.9. The number of carbonyl (C=O) groups is 2. The van der Waals surface area contributed by atoms with Crippen molar-refractivity contribution in [3.8, 4) is 0 Å². The van der Waals surface area contributed by atoms with Gasteiger partial charge in [-0.05, 0) is 19.8 Å². The van der Waals surface area contributed by atoms with Gasteiger partial charge in [-0.2, -0.15) is 0 Å². The number of esters is 1. The summed E-state index contributed by atoms with van der Waals surface area (Å²) < 4.78 is 17.0. The molecule has 7 nitrogen and oxygen atoms in total. The number of epoxide rings is 1. The van der Waals surface area contributed by atoms with E-state index in [1.807, 2.05) is 13.8 Å². The van der Waals surface area contributed by atoms with E-state index in [4.69, 9.17) is 19.9 Å². The molecule has 1 saturated carbocycles. The molecule has 1 aliphatic heterocycles. The van der Waals surface area contributed by atoms with Gasteiger partial charge in [-0.15, -0.1) is 0 Å². The molecular formula is C16H28N2O5. The lowest BCUT2D eigenvalue weighted by Crippen LogP contribution is -2.63. The zero-order valence-corrected chi connectivity index (χ0v) is 14.3. The Hall–Kier alpha value is -1.18. The fourth-order valence-electron chi connectivity index (χ4n) is 3.38. The van der Waals surface area contributed by atoms with E-state index in [1.54, 1.807) is 6.92 Å². The van der Waals surface area contributed by atoms with Gasteiger partial charge in [-0.3, -0.25) is 4.79 Å². The molecule has 2 fully saturated rings. The van der Waals surface area contributed by atoms with E-state index in [0.29, 0.717) is 13.0 Å². The molecule has 1 amide bonds. The minimum Gasteiger partial charge on any atom is -0.464 e. The number of amides is 1. The van der Waals surface area contributed by atoms with Crippen LogP contribution in [0.25, 0.3) is 0 Å². The minimum atomic E-state index is -1.01. The third kappa shape index (κ3) is 3.51. The summed E-state index contributed by atoms with van der Waals surface area (Å²) in [7, 11) is 0. The first-order valence-corrected chi connectivity index (χ1v) is 8.42. The van der Waals surface area contributed by atoms with Crippen molar-refractivity contribution in [1.82, 2.24) is 5.32 Å². The first kappa shape index (κ1) is 18.2. The smallest absolute Gasteiger partial charge is 0.341 e. The van der Waals surface area contributed by atoms with Crippen LogP contribution in [0.15, 0.2) is 0 Å². The molecule has 0 bridgehead atoms. The molecule has 0 aromatic rings. The lowest BCUT2D eigenvalue weighted by atomic mass is 9.80. The number of nitrogens with two attached hydrogens (primary N) is 1. The Morgan fingerprint density at radius 2 is 2.00 bits per heavy atom. The first-order valence-electron chi connectivity index (χ1n) is 8.42. The molecule has 1 heterocycles. The van der Waals surface area contributed by atoms with Crippen LogP contribution >= 0.6 is 0 Å². The molecule has 0 spiro atoms. The van der Waals surface area contributed by atoms with Crippen molar-refractivity contribution in [3.63, 3.8) is 0 Å². The topological polar surface area (TPSA) is 103 Å². The van der Waals surface area contributed by atoms with Crippen molar-refractivity contribution in [2.45, 2.75) is 83.0 Å². The van der Waals surface area contributed by atoms with Crippen molar-refractivity contribution >= 4 is 11.9 Å². The van der Waals surface area contributed by atoms with Crippen molar-refractivity contribution in [2.24, 2.45) is 5.73 Å². The molecule has 23 heavy (non-hydrogen) atoms. The molecule has 2 aliphatic rings. The molecule has 5 atom stereocenters. The van der Waals surface area contributed by atoms with E-state index in [2.05, 4.69) is 5.32 Å². The average Bonchev–Trinajstić information content (AvgIpc) is 3.22. The van der Waals surface area contributed by atoms with Crippen LogP contribution in [0.3, 0.4) is 0 Å². The van der Waals surface area contributed by atoms with Crippen LogP contribution in [0.1, 0.15) is 47.0 Å². The van der Waals surface area contributed by atoms with E-state index in [0.717, 1.165) is 12.8 Å². The Balaban J connectivity index is 2.20. The Labute approximate surface area is 137 Å². The second-order valence-corrected chi connectivity index (χ2v) is 6.28. The molecule has 7 heteroatoms. The zero-order chi connectivity index (χ0) is 17.2. The molecule has 0 aromatic carbocycles. The van der Waals surface area contributed by atoms with Crippen molar-refractivity contribution in [1.29, 1.82) is 0 Å². The normalized spacial score (nSPS) is 35.6. The number of hydrogen-bond donors (Lipinski definition) is 2. The highest BCUT2D eigenvalue weighted by Gasteiger charge is 2.72. The Kier molecular flexibility index (Phi) is 5.65. The van der Waals surface area contributed by atoms with E-state index >= 15 is 0 Å². The van der Waals surface area contributed by atoms with Gasteiger partial charge in [0, 0.05) is 19.4 Å². The van der Waals surface area contributed by atoms with Gasteiger partial charge in [0.2, 0.25) is 5.91 Å². The maximum atomic E-state index is 12.3. The zero-order valence-electron chi connectivity index (χ0n) is 14.3. The van der Waals surface area contributed by atoms with Gasteiger partial charge in [-0.1, -0.05) is 13.8 Å². The molecule has 1 saturated heterocycles. The standard InChI is InChI=1S/C16H28N2O5/c1-5-10(6-2)22-13-12(18-9(4)19)11(17)8-16(14(13)23-16)15(20)21-7-3/h10-14H,5-8,17H2,1-4H3,(H,18,19)/t11-,12+,13-,14?,16?/m1/s1. The number of fused-ring (bicyclic) bond motifs is 1. The van der Waals surface area contributed by atoms with Crippen molar-refractivity contribution < 1.29 is 23.8 Å². The van der Waals surface area contributed by atoms with Crippen molar-refractivity contribution in [2.75, 3.05) is 6.61 Å². The Bertz CT molecular complexity index is 454. The van der Waals surface area contributed by atoms with Crippen molar-refractivity contribution in [3.05, 3.63) is 0 Å². The molecule has 0 aromatic heterocycles. The van der Waals surface area contributed by atoms with Crippen LogP contribution in [0, 0.1) is 0 Å². The fourth-order valence-corrected chi connectivity index (χ4v) is 3.38. The molecule has 0 radical (unpaired) electrons. The Morgan fingerprint density at radius 3 is 2.52 bits per heavy atom. The SMILES string of the molecule is CCOC(=O)C12C[C@@H](N)[C@H](NC(C)=O)[C@@H](OC(CC)CC)C1O2. The van der Waals surface area contributed by atoms with Crippen LogP contribution in [-0.2, 0) is 23.8 Å². The van der Waals surface area contributed by atoms with Gasteiger partial charge >= 0.3 is 5.97 Å². The lowest BCUT2D eigenvalue weighted by Gasteiger charge is -2.38. The fraction of sp³-hybridized carbons (Fsp3) is 0.875. The van der Waals surface area contributed by atoms with Gasteiger partial charge in [0.25, 0.3) is 0 Å². The van der Waals surface area contributed by atoms with Crippen LogP contribution in [0.4, 0.5) is 0 Å². The molecule has 2 rings (SSSR count). The van der Waals surface area contributed by atoms with Crippen LogP contribution in [-0.4, -0.2) is 54.5 Å². The number of ether oxygens (including phenoxy) is 3. The number of rotatable bonds is 7. The van der Waals surface area contributed by atoms with Crippen LogP contribution < -0.4 is 11.1 Å². The highest BCUT2D eigenvalue weighted by molar-refractivity contribution is 5.84. The molecule has 2 unspecified atom stereocenters. The molecule has 3 N–H and O–H groups in total. The summed E-state index contributed by atoms with van der Waals surface area (Å²) in [6.45, 7) is 7.57. The van der Waals surface area contributed by atoms with Gasteiger partial charge < -0.3 is 25.3 Å². The summed E-state index contributed by atoms with van der Waals surface area (Å²) in [5.74, 6) is -0.562. The predicted octanol–water partition coefficient (Wildman–Crippen LogP) is 0.497. The summed E-state index contributed by atoms with van der Waals surface area (Å²) in [5.41, 5.74) is 5.22. The minimum absolute atomic E-state index is 0.0330. The molecular weight excluding hydrogens is 300 g/mol. The summed E-state index contributed by atoms with van der Waals surface area (Å²) in [4.78, 5) is 23.8. The van der Waals surface area contributed by atoms with Gasteiger partial charge in [0.15, 0.2) is 5.60 Å². The number of hydrogen-bond acceptors (Lipinski definition) is 6. The van der Waals surface area contributed by atoms with E-state index in [1.165, 1.54) is 6.92 Å². The third-order valence-corrected chi connectivity index (χ3v) is 4.64. The maximum absolute atomic E-state index is 12.3. The second kappa shape index (κ2) is 7.15. The maximum Gasteiger partial charge on any atom is 0.341 e. The van der Waals surface area contributed by atoms with E-state index in [-0.39, 0.29) is 24.0 Å². The summed E-state index contributed by atoms with van der Waals surface area (Å²) >= 11 is 0. The second-order valence-electron chi connectivity index (χ2n) is 6.28. The molecule has 132 valence electrons. The quantitative estimate of drug-likeness (QED) is 0.521. The highest BCUT2D eigenvalue weighted by atomic mass is 16.7. The van der Waals surface area contributed by atoms with Crippen LogP contribution in [0.5, 0.6) is 0 Å². The monoisotopic (exact) mass is 328 g/mol. The van der Waals surface area contributed by atoms with Gasteiger partial charge in [0.05, 0.1) is 18.8 Å². The summed E-state index contributed by atoms with van der Waals surface area (Å²) in [6.07, 6.45) is 1.17. The average molecular weight is 328 g/mol. The summed E-state index contributed by atoms with van der Waals surface area (Å²) in [6, 6.07) is -0.801. The number of carbonyl (C=O) groups excluding carboxylic acids is 2. The Morgan fingerprint density at radius 1 is 1.35 bits per heavy atom. The highest BCUT2D eigenvalue weighted by Crippen LogP contribution is 2.50. The van der Waals surface area contributed by atoms with Gasteiger partial charge in [0.1, 0.15) is 12.2 Å². The summed E-state index contributed by atoms with van der Waals surface area (Å²) in [5, 5.41) is 2.86. The predicted molar refractivity (Wildman–Crippen MR) is 83.7 cm³/mol. The number of nitrogens with one attached hydrogen (secondary N) is 1. The largest absolute Gasteiger partial charge is 0.464 e. The van der Waals surface area contributed by atoms with E-state index in [9.17, 15) is 9.59 Å². The van der Waals surface area contributed by atoms with Gasteiger partial charge in [-0.25, -0.2) is 4.79 Å².